The van der Waals surface area contributed by atoms with Crippen LogP contribution < -0.4 is 11.1 Å². The first-order valence-corrected chi connectivity index (χ1v) is 9.28. The number of carbonyl (C=O) groups is 1. The number of nitrogen functional groups attached to an aromatic ring is 1. The van der Waals surface area contributed by atoms with Crippen molar-refractivity contribution in [1.29, 1.82) is 0 Å². The molecule has 8 heteroatoms. The molecule has 0 saturated carbocycles. The first-order chi connectivity index (χ1) is 12.7. The molecule has 0 aliphatic carbocycles. The van der Waals surface area contributed by atoms with E-state index in [1.165, 1.54) is 12.1 Å². The van der Waals surface area contributed by atoms with Crippen LogP contribution in [0.15, 0.2) is 23.7 Å². The number of nitrogens with two attached hydrogens (primary N) is 1. The highest BCUT2D eigenvalue weighted by Gasteiger charge is 2.52. The van der Waals surface area contributed by atoms with Gasteiger partial charge in [0, 0.05) is 12.2 Å². The first-order valence-electron chi connectivity index (χ1n) is 9.28. The highest BCUT2D eigenvalue weighted by atomic mass is 19.1. The zero-order valence-corrected chi connectivity index (χ0v) is 17.7. The van der Waals surface area contributed by atoms with Crippen LogP contribution in [0.4, 0.5) is 14.9 Å². The Morgan fingerprint density at radius 3 is 2.32 bits per heavy atom. The molecular weight excluding hydrogens is 362 g/mol. The average Bonchev–Trinajstić information content (AvgIpc) is 2.71. The van der Waals surface area contributed by atoms with Crippen LogP contribution in [0.5, 0.6) is 0 Å². The van der Waals surface area contributed by atoms with Crippen LogP contribution in [0, 0.1) is 5.82 Å². The van der Waals surface area contributed by atoms with Gasteiger partial charge in [-0.15, -0.1) is 0 Å². The van der Waals surface area contributed by atoms with Crippen LogP contribution in [0.2, 0.25) is 0 Å². The van der Waals surface area contributed by atoms with Gasteiger partial charge < -0.3 is 25.1 Å². The van der Waals surface area contributed by atoms with E-state index in [1.54, 1.807) is 32.9 Å². The van der Waals surface area contributed by atoms with Gasteiger partial charge >= 0.3 is 13.2 Å². The molecule has 3 N–H and O–H groups in total. The largest absolute Gasteiger partial charge is 0.492 e. The number of ether oxygens (including phenoxy) is 1. The van der Waals surface area contributed by atoms with Crippen LogP contribution >= 0.6 is 0 Å². The topological polar surface area (TPSA) is 82.8 Å². The van der Waals surface area contributed by atoms with Crippen molar-refractivity contribution >= 4 is 25.0 Å². The lowest BCUT2D eigenvalue weighted by molar-refractivity contribution is 0.00578. The Morgan fingerprint density at radius 2 is 1.82 bits per heavy atom. The standard InChI is InChI=1S/C20H30BFN2O4/c1-18(2,3)26-17(25)24-12-14(10-13-8-9-15(22)11-16(13)23)21-27-19(4,5)20(6,7)28-21/h8-11H,12,23H2,1-7H3,(H,24,25). The maximum absolute atomic E-state index is 13.4. The number of benzene rings is 1. The smallest absolute Gasteiger partial charge is 0.444 e. The van der Waals surface area contributed by atoms with Crippen LogP contribution in [-0.2, 0) is 14.0 Å². The number of nitrogens with one attached hydrogen (secondary N) is 1. The molecule has 1 aromatic rings. The van der Waals surface area contributed by atoms with Gasteiger partial charge in [0.25, 0.3) is 0 Å². The van der Waals surface area contributed by atoms with Crippen molar-refractivity contribution in [2.45, 2.75) is 65.3 Å². The number of alkyl carbamates (subject to hydrolysis) is 1. The predicted molar refractivity (Wildman–Crippen MR) is 109 cm³/mol. The van der Waals surface area contributed by atoms with Crippen molar-refractivity contribution < 1.29 is 23.2 Å². The molecule has 154 valence electrons. The predicted octanol–water partition coefficient (Wildman–Crippen LogP) is 3.95. The molecule has 0 radical (unpaired) electrons. The van der Waals surface area contributed by atoms with Gasteiger partial charge in [-0.2, -0.15) is 0 Å². The molecule has 2 rings (SSSR count). The lowest BCUT2D eigenvalue weighted by Crippen LogP contribution is -2.41. The Hall–Kier alpha value is -2.06. The second kappa shape index (κ2) is 7.76. The van der Waals surface area contributed by atoms with Gasteiger partial charge in [0.1, 0.15) is 11.4 Å². The van der Waals surface area contributed by atoms with E-state index >= 15 is 0 Å². The third kappa shape index (κ3) is 5.48. The molecule has 1 fully saturated rings. The Bertz CT molecular complexity index is 756. The van der Waals surface area contributed by atoms with E-state index in [0.717, 1.165) is 0 Å². The maximum Gasteiger partial charge on any atom is 0.492 e. The van der Waals surface area contributed by atoms with E-state index < -0.39 is 35.8 Å². The van der Waals surface area contributed by atoms with Gasteiger partial charge in [-0.1, -0.05) is 12.1 Å². The molecule has 0 aromatic heterocycles. The fraction of sp³-hybridized carbons (Fsp3) is 0.550. The van der Waals surface area contributed by atoms with E-state index in [1.807, 2.05) is 27.7 Å². The summed E-state index contributed by atoms with van der Waals surface area (Å²) in [6.07, 6.45) is 1.19. The summed E-state index contributed by atoms with van der Waals surface area (Å²) in [5.74, 6) is -0.418. The van der Waals surface area contributed by atoms with Crippen molar-refractivity contribution in [1.82, 2.24) is 5.32 Å². The Kier molecular flexibility index (Phi) is 6.16. The van der Waals surface area contributed by atoms with Crippen molar-refractivity contribution in [3.63, 3.8) is 0 Å². The van der Waals surface area contributed by atoms with Gasteiger partial charge in [-0.25, -0.2) is 9.18 Å². The number of halogens is 1. The zero-order valence-electron chi connectivity index (χ0n) is 17.7. The minimum absolute atomic E-state index is 0.128. The summed E-state index contributed by atoms with van der Waals surface area (Å²) in [7, 11) is -0.690. The molecule has 28 heavy (non-hydrogen) atoms. The second-order valence-corrected chi connectivity index (χ2v) is 8.94. The zero-order chi connectivity index (χ0) is 21.3. The monoisotopic (exact) mass is 392 g/mol. The van der Waals surface area contributed by atoms with Gasteiger partial charge in [0.05, 0.1) is 11.2 Å². The third-order valence-electron chi connectivity index (χ3n) is 4.78. The first kappa shape index (κ1) is 22.2. The molecule has 1 aliphatic rings. The van der Waals surface area contributed by atoms with Crippen molar-refractivity contribution in [3.05, 3.63) is 35.1 Å². The number of hydrogen-bond donors (Lipinski definition) is 2. The Balaban J connectivity index is 2.28. The number of hydrogen-bond acceptors (Lipinski definition) is 5. The van der Waals surface area contributed by atoms with Gasteiger partial charge in [0.15, 0.2) is 0 Å². The summed E-state index contributed by atoms with van der Waals surface area (Å²) in [6, 6.07) is 4.14. The highest BCUT2D eigenvalue weighted by Crippen LogP contribution is 2.39. The molecular formula is C20H30BFN2O4. The normalized spacial score (nSPS) is 18.9. The third-order valence-corrected chi connectivity index (χ3v) is 4.78. The Labute approximate surface area is 166 Å². The molecule has 6 nitrogen and oxygen atoms in total. The number of carbonyl (C=O) groups excluding carboxylic acids is 1. The molecule has 1 amide bonds. The Morgan fingerprint density at radius 1 is 1.25 bits per heavy atom. The molecule has 0 bridgehead atoms. The van der Waals surface area contributed by atoms with Crippen molar-refractivity contribution in [2.24, 2.45) is 0 Å². The lowest BCUT2D eigenvalue weighted by atomic mass is 9.77. The summed E-state index contributed by atoms with van der Waals surface area (Å²) in [6.45, 7) is 13.3. The number of amides is 1. The molecule has 0 unspecified atom stereocenters. The fourth-order valence-electron chi connectivity index (χ4n) is 2.56. The maximum atomic E-state index is 13.4. The van der Waals surface area contributed by atoms with Crippen LogP contribution in [-0.4, -0.2) is 36.6 Å². The summed E-state index contributed by atoms with van der Waals surface area (Å²) in [5, 5.41) is 2.72. The molecule has 1 aromatic carbocycles. The fourth-order valence-corrected chi connectivity index (χ4v) is 2.56. The molecule has 1 aliphatic heterocycles. The molecule has 1 heterocycles. The van der Waals surface area contributed by atoms with Gasteiger partial charge in [-0.3, -0.25) is 0 Å². The summed E-state index contributed by atoms with van der Waals surface area (Å²) in [5.41, 5.74) is 5.77. The van der Waals surface area contributed by atoms with E-state index in [9.17, 15) is 9.18 Å². The van der Waals surface area contributed by atoms with Gasteiger partial charge in [-0.05, 0) is 71.6 Å². The SMILES string of the molecule is CC(C)(C)OC(=O)NCC(=Cc1ccc(F)cc1N)B1OC(C)(C)C(C)(C)O1. The number of anilines is 1. The quantitative estimate of drug-likeness (QED) is 0.599. The van der Waals surface area contributed by atoms with E-state index in [2.05, 4.69) is 5.32 Å². The average molecular weight is 392 g/mol. The van der Waals surface area contributed by atoms with Gasteiger partial charge in [0.2, 0.25) is 0 Å². The van der Waals surface area contributed by atoms with Crippen LogP contribution in [0.25, 0.3) is 6.08 Å². The summed E-state index contributed by atoms with van der Waals surface area (Å²) < 4.78 is 30.9. The molecule has 0 atom stereocenters. The highest BCUT2D eigenvalue weighted by molar-refractivity contribution is 6.56. The molecule has 0 spiro atoms. The minimum Gasteiger partial charge on any atom is -0.444 e. The summed E-state index contributed by atoms with van der Waals surface area (Å²) >= 11 is 0. The molecule has 1 saturated heterocycles. The van der Waals surface area contributed by atoms with E-state index in [0.29, 0.717) is 11.0 Å². The number of rotatable bonds is 4. The van der Waals surface area contributed by atoms with E-state index in [-0.39, 0.29) is 12.2 Å². The van der Waals surface area contributed by atoms with Crippen molar-refractivity contribution in [3.8, 4) is 0 Å². The van der Waals surface area contributed by atoms with Crippen LogP contribution in [0.3, 0.4) is 0 Å². The summed E-state index contributed by atoms with van der Waals surface area (Å²) in [4.78, 5) is 12.1. The minimum atomic E-state index is -0.690. The van der Waals surface area contributed by atoms with Crippen LogP contribution in [0.1, 0.15) is 54.0 Å². The second-order valence-electron chi connectivity index (χ2n) is 8.94. The van der Waals surface area contributed by atoms with E-state index in [4.69, 9.17) is 19.8 Å². The lowest BCUT2D eigenvalue weighted by Gasteiger charge is -2.32. The van der Waals surface area contributed by atoms with Crippen molar-refractivity contribution in [2.75, 3.05) is 12.3 Å².